The smallest absolute Gasteiger partial charge is 0.225 e. The second-order valence-corrected chi connectivity index (χ2v) is 4.79. The molecule has 1 aromatic rings. The van der Waals surface area contributed by atoms with Crippen LogP contribution in [-0.4, -0.2) is 8.42 Å². The normalized spacial score (nSPS) is 11.6. The van der Waals surface area contributed by atoms with Crippen LogP contribution in [0.1, 0.15) is 25.3 Å². The summed E-state index contributed by atoms with van der Waals surface area (Å²) in [4.78, 5) is 0.258. The van der Waals surface area contributed by atoms with Crippen LogP contribution in [0.5, 0.6) is 0 Å². The third-order valence-electron chi connectivity index (χ3n) is 2.08. The van der Waals surface area contributed by atoms with Crippen LogP contribution in [0.2, 0.25) is 0 Å². The van der Waals surface area contributed by atoms with Crippen LogP contribution >= 0.6 is 0 Å². The third kappa shape index (κ3) is 2.82. The van der Waals surface area contributed by atoms with Crippen molar-refractivity contribution in [3.05, 3.63) is 29.8 Å². The number of unbranched alkanes of at least 4 members (excludes halogenated alkanes) is 1. The number of sulfonamides is 1. The highest BCUT2D eigenvalue weighted by Gasteiger charge is 2.11. The summed E-state index contributed by atoms with van der Waals surface area (Å²) in [5.74, 6) is 0. The summed E-state index contributed by atoms with van der Waals surface area (Å²) < 4.78 is 22.4. The molecule has 0 radical (unpaired) electrons. The maximum atomic E-state index is 11.2. The van der Waals surface area contributed by atoms with Crippen molar-refractivity contribution in [3.8, 4) is 0 Å². The molecule has 0 saturated heterocycles. The zero-order valence-electron chi connectivity index (χ0n) is 8.23. The Morgan fingerprint density at radius 3 is 2.50 bits per heavy atom. The standard InChI is InChI=1S/C10H15NO2S/c1-2-3-6-9-7-4-5-8-10(9)14(11,12)13/h4-5,7-8H,2-3,6H2,1H3,(H2,11,12,13). The van der Waals surface area contributed by atoms with Gasteiger partial charge in [-0.15, -0.1) is 0 Å². The van der Waals surface area contributed by atoms with E-state index in [1.54, 1.807) is 12.1 Å². The molecule has 0 bridgehead atoms. The number of nitrogens with two attached hydrogens (primary N) is 1. The van der Waals surface area contributed by atoms with Gasteiger partial charge in [0, 0.05) is 0 Å². The van der Waals surface area contributed by atoms with Gasteiger partial charge in [-0.05, 0) is 24.5 Å². The van der Waals surface area contributed by atoms with E-state index < -0.39 is 10.0 Å². The van der Waals surface area contributed by atoms with Crippen LogP contribution < -0.4 is 5.14 Å². The van der Waals surface area contributed by atoms with Crippen molar-refractivity contribution in [1.82, 2.24) is 0 Å². The van der Waals surface area contributed by atoms with E-state index in [-0.39, 0.29) is 4.90 Å². The summed E-state index contributed by atoms with van der Waals surface area (Å²) in [6.07, 6.45) is 2.79. The van der Waals surface area contributed by atoms with E-state index in [2.05, 4.69) is 6.92 Å². The molecule has 0 spiro atoms. The molecule has 0 aromatic heterocycles. The average molecular weight is 213 g/mol. The lowest BCUT2D eigenvalue weighted by atomic mass is 10.1. The van der Waals surface area contributed by atoms with E-state index >= 15 is 0 Å². The molecule has 0 amide bonds. The average Bonchev–Trinajstić information content (AvgIpc) is 2.14. The van der Waals surface area contributed by atoms with Crippen LogP contribution in [0, 0.1) is 0 Å². The van der Waals surface area contributed by atoms with E-state index in [4.69, 9.17) is 5.14 Å². The topological polar surface area (TPSA) is 60.2 Å². The molecule has 0 aliphatic heterocycles. The minimum Gasteiger partial charge on any atom is -0.225 e. The summed E-state index contributed by atoms with van der Waals surface area (Å²) in [5.41, 5.74) is 0.817. The first kappa shape index (κ1) is 11.2. The van der Waals surface area contributed by atoms with Gasteiger partial charge in [0.15, 0.2) is 0 Å². The summed E-state index contributed by atoms with van der Waals surface area (Å²) in [6.45, 7) is 2.07. The maximum Gasteiger partial charge on any atom is 0.238 e. The number of aryl methyl sites for hydroxylation is 1. The lowest BCUT2D eigenvalue weighted by Gasteiger charge is -2.05. The van der Waals surface area contributed by atoms with E-state index in [1.807, 2.05) is 12.1 Å². The van der Waals surface area contributed by atoms with Crippen LogP contribution in [0.15, 0.2) is 29.2 Å². The van der Waals surface area contributed by atoms with Crippen molar-refractivity contribution in [2.45, 2.75) is 31.1 Å². The number of rotatable bonds is 4. The molecular weight excluding hydrogens is 198 g/mol. The number of hydrogen-bond acceptors (Lipinski definition) is 2. The van der Waals surface area contributed by atoms with Crippen molar-refractivity contribution >= 4 is 10.0 Å². The fourth-order valence-corrected chi connectivity index (χ4v) is 2.16. The summed E-state index contributed by atoms with van der Waals surface area (Å²) in [7, 11) is -3.56. The molecule has 3 nitrogen and oxygen atoms in total. The Morgan fingerprint density at radius 2 is 1.93 bits per heavy atom. The predicted octanol–water partition coefficient (Wildman–Crippen LogP) is 1.68. The molecule has 0 fully saturated rings. The summed E-state index contributed by atoms with van der Waals surface area (Å²) in [5, 5.41) is 5.10. The minimum atomic E-state index is -3.56. The SMILES string of the molecule is CCCCc1ccccc1S(N)(=O)=O. The van der Waals surface area contributed by atoms with E-state index in [0.29, 0.717) is 0 Å². The van der Waals surface area contributed by atoms with Crippen molar-refractivity contribution < 1.29 is 8.42 Å². The number of hydrogen-bond donors (Lipinski definition) is 1. The molecule has 0 unspecified atom stereocenters. The fraction of sp³-hybridized carbons (Fsp3) is 0.400. The molecular formula is C10H15NO2S. The maximum absolute atomic E-state index is 11.2. The van der Waals surface area contributed by atoms with Gasteiger partial charge in [-0.1, -0.05) is 31.5 Å². The molecule has 1 aromatic carbocycles. The van der Waals surface area contributed by atoms with Gasteiger partial charge in [0.05, 0.1) is 4.90 Å². The van der Waals surface area contributed by atoms with Crippen molar-refractivity contribution in [2.75, 3.05) is 0 Å². The molecule has 1 rings (SSSR count). The number of primary sulfonamides is 1. The van der Waals surface area contributed by atoms with Gasteiger partial charge >= 0.3 is 0 Å². The molecule has 0 saturated carbocycles. The Balaban J connectivity index is 3.04. The van der Waals surface area contributed by atoms with Gasteiger partial charge in [-0.2, -0.15) is 0 Å². The van der Waals surface area contributed by atoms with Gasteiger partial charge in [0.25, 0.3) is 0 Å². The van der Waals surface area contributed by atoms with Gasteiger partial charge < -0.3 is 0 Å². The zero-order valence-corrected chi connectivity index (χ0v) is 9.05. The van der Waals surface area contributed by atoms with E-state index in [1.165, 1.54) is 0 Å². The summed E-state index contributed by atoms with van der Waals surface area (Å²) in [6, 6.07) is 6.89. The molecule has 0 aliphatic carbocycles. The Bertz CT molecular complexity index is 398. The minimum absolute atomic E-state index is 0.258. The first-order chi connectivity index (χ1) is 6.55. The highest BCUT2D eigenvalue weighted by molar-refractivity contribution is 7.89. The van der Waals surface area contributed by atoms with Crippen molar-refractivity contribution in [2.24, 2.45) is 5.14 Å². The lowest BCUT2D eigenvalue weighted by Crippen LogP contribution is -2.14. The Kier molecular flexibility index (Phi) is 3.66. The second kappa shape index (κ2) is 4.57. The van der Waals surface area contributed by atoms with Gasteiger partial charge in [-0.3, -0.25) is 0 Å². The molecule has 0 atom stereocenters. The van der Waals surface area contributed by atoms with Gasteiger partial charge in [0.1, 0.15) is 0 Å². The quantitative estimate of drug-likeness (QED) is 0.827. The highest BCUT2D eigenvalue weighted by atomic mass is 32.2. The van der Waals surface area contributed by atoms with E-state index in [0.717, 1.165) is 24.8 Å². The van der Waals surface area contributed by atoms with E-state index in [9.17, 15) is 8.42 Å². The largest absolute Gasteiger partial charge is 0.238 e. The highest BCUT2D eigenvalue weighted by Crippen LogP contribution is 2.15. The summed E-state index contributed by atoms with van der Waals surface area (Å²) >= 11 is 0. The van der Waals surface area contributed by atoms with Crippen molar-refractivity contribution in [3.63, 3.8) is 0 Å². The second-order valence-electron chi connectivity index (χ2n) is 3.26. The van der Waals surface area contributed by atoms with Crippen LogP contribution in [0.25, 0.3) is 0 Å². The molecule has 4 heteroatoms. The van der Waals surface area contributed by atoms with Crippen LogP contribution in [-0.2, 0) is 16.4 Å². The van der Waals surface area contributed by atoms with Crippen LogP contribution in [0.3, 0.4) is 0 Å². The zero-order chi connectivity index (χ0) is 10.6. The Hall–Kier alpha value is -0.870. The molecule has 0 heterocycles. The number of benzene rings is 1. The lowest BCUT2D eigenvalue weighted by molar-refractivity contribution is 0.596. The van der Waals surface area contributed by atoms with Gasteiger partial charge in [0.2, 0.25) is 10.0 Å². The fourth-order valence-electron chi connectivity index (χ4n) is 1.36. The molecule has 0 aliphatic rings. The third-order valence-corrected chi connectivity index (χ3v) is 3.09. The van der Waals surface area contributed by atoms with Crippen LogP contribution in [0.4, 0.5) is 0 Å². The molecule has 2 N–H and O–H groups in total. The van der Waals surface area contributed by atoms with Gasteiger partial charge in [-0.25, -0.2) is 13.6 Å². The first-order valence-electron chi connectivity index (χ1n) is 4.66. The van der Waals surface area contributed by atoms with Crippen molar-refractivity contribution in [1.29, 1.82) is 0 Å². The predicted molar refractivity (Wildman–Crippen MR) is 56.4 cm³/mol. The molecule has 14 heavy (non-hydrogen) atoms. The Morgan fingerprint density at radius 1 is 1.29 bits per heavy atom. The Labute approximate surface area is 85.0 Å². The first-order valence-corrected chi connectivity index (χ1v) is 6.21. The monoisotopic (exact) mass is 213 g/mol. The molecule has 78 valence electrons.